The zero-order chi connectivity index (χ0) is 20.5. The van der Waals surface area contributed by atoms with E-state index >= 15 is 0 Å². The second kappa shape index (κ2) is 7.70. The number of anilines is 1. The number of carbonyl (C=O) groups is 1. The van der Waals surface area contributed by atoms with E-state index in [0.29, 0.717) is 23.3 Å². The third kappa shape index (κ3) is 3.75. The quantitative estimate of drug-likeness (QED) is 0.604. The van der Waals surface area contributed by atoms with Crippen LogP contribution >= 0.6 is 0 Å². The minimum Gasteiger partial charge on any atom is -0.391 e. The number of halogens is 2. The maximum absolute atomic E-state index is 13.9. The number of fused-ring (bicyclic) bond motifs is 1. The van der Waals surface area contributed by atoms with Gasteiger partial charge in [-0.05, 0) is 37.5 Å². The molecule has 3 N–H and O–H groups in total. The highest BCUT2D eigenvalue weighted by molar-refractivity contribution is 6.07. The number of nitrogens with one attached hydrogen (secondary N) is 2. The summed E-state index contributed by atoms with van der Waals surface area (Å²) in [6, 6.07) is 2.93. The highest BCUT2D eigenvalue weighted by Gasteiger charge is 2.28. The highest BCUT2D eigenvalue weighted by atomic mass is 19.1. The van der Waals surface area contributed by atoms with Crippen molar-refractivity contribution >= 4 is 22.8 Å². The van der Waals surface area contributed by atoms with E-state index in [1.165, 1.54) is 18.3 Å². The minimum absolute atomic E-state index is 0.0633. The van der Waals surface area contributed by atoms with Gasteiger partial charge in [-0.25, -0.2) is 18.7 Å². The Bertz CT molecular complexity index is 1060. The maximum atomic E-state index is 13.9. The molecular weight excluding hydrogens is 382 g/mol. The van der Waals surface area contributed by atoms with Gasteiger partial charge >= 0.3 is 0 Å². The van der Waals surface area contributed by atoms with Crippen LogP contribution in [0.25, 0.3) is 11.0 Å². The molecule has 3 aromatic rings. The van der Waals surface area contributed by atoms with Crippen molar-refractivity contribution in [3.05, 3.63) is 47.4 Å². The minimum atomic E-state index is -0.596. The largest absolute Gasteiger partial charge is 0.391 e. The molecule has 1 fully saturated rings. The lowest BCUT2D eigenvalue weighted by atomic mass is 10.1. The molecule has 0 saturated heterocycles. The SMILES string of the molecule is CN(Cc1cc(F)ccc1F)C(=O)c1[nH]nc2ncnc(N[C@@H]3CCC[C@H]3O)c12. The molecule has 0 radical (unpaired) electrons. The van der Waals surface area contributed by atoms with Gasteiger partial charge in [-0.15, -0.1) is 0 Å². The number of amides is 1. The fourth-order valence-electron chi connectivity index (χ4n) is 3.59. The summed E-state index contributed by atoms with van der Waals surface area (Å²) in [5, 5.41) is 20.4. The van der Waals surface area contributed by atoms with Crippen molar-refractivity contribution in [2.75, 3.05) is 12.4 Å². The Labute approximate surface area is 165 Å². The summed E-state index contributed by atoms with van der Waals surface area (Å²) in [4.78, 5) is 22.5. The zero-order valence-corrected chi connectivity index (χ0v) is 15.7. The van der Waals surface area contributed by atoms with Crippen LogP contribution < -0.4 is 5.32 Å². The van der Waals surface area contributed by atoms with Crippen molar-refractivity contribution in [3.63, 3.8) is 0 Å². The Balaban J connectivity index is 1.62. The van der Waals surface area contributed by atoms with E-state index < -0.39 is 23.6 Å². The molecule has 4 rings (SSSR count). The van der Waals surface area contributed by atoms with Crippen molar-refractivity contribution in [2.45, 2.75) is 38.0 Å². The van der Waals surface area contributed by atoms with E-state index in [1.54, 1.807) is 0 Å². The summed E-state index contributed by atoms with van der Waals surface area (Å²) in [6.45, 7) is -0.124. The molecule has 1 saturated carbocycles. The Morgan fingerprint density at radius 1 is 1.34 bits per heavy atom. The number of nitrogens with zero attached hydrogens (tertiary/aromatic N) is 4. The third-order valence-electron chi connectivity index (χ3n) is 5.13. The van der Waals surface area contributed by atoms with E-state index in [1.807, 2.05) is 0 Å². The summed E-state index contributed by atoms with van der Waals surface area (Å²) in [5.74, 6) is -1.25. The molecule has 1 aliphatic carbocycles. The molecule has 1 aromatic carbocycles. The summed E-state index contributed by atoms with van der Waals surface area (Å²) in [5.41, 5.74) is 0.493. The first-order valence-corrected chi connectivity index (χ1v) is 9.27. The van der Waals surface area contributed by atoms with Gasteiger partial charge in [0.15, 0.2) is 5.65 Å². The van der Waals surface area contributed by atoms with Crippen molar-refractivity contribution < 1.29 is 18.7 Å². The number of aliphatic hydroxyl groups is 1. The zero-order valence-electron chi connectivity index (χ0n) is 15.7. The first kappa shape index (κ1) is 19.2. The lowest BCUT2D eigenvalue weighted by Gasteiger charge is -2.19. The normalized spacial score (nSPS) is 18.9. The van der Waals surface area contributed by atoms with E-state index in [4.69, 9.17) is 0 Å². The van der Waals surface area contributed by atoms with Crippen molar-refractivity contribution in [3.8, 4) is 0 Å². The number of aromatic amines is 1. The average Bonchev–Trinajstić information content (AvgIpc) is 3.31. The van der Waals surface area contributed by atoms with Crippen molar-refractivity contribution in [1.29, 1.82) is 0 Å². The molecule has 0 spiro atoms. The molecule has 29 heavy (non-hydrogen) atoms. The Morgan fingerprint density at radius 2 is 2.17 bits per heavy atom. The van der Waals surface area contributed by atoms with E-state index in [-0.39, 0.29) is 23.8 Å². The van der Waals surface area contributed by atoms with Gasteiger partial charge in [0.05, 0.1) is 17.5 Å². The number of H-pyrrole nitrogens is 1. The lowest BCUT2D eigenvalue weighted by molar-refractivity contribution is 0.0779. The fourth-order valence-corrected chi connectivity index (χ4v) is 3.59. The number of benzene rings is 1. The predicted octanol–water partition coefficient (Wildman–Crippen LogP) is 2.23. The molecular formula is C19H20F2N6O2. The Morgan fingerprint density at radius 3 is 2.93 bits per heavy atom. The summed E-state index contributed by atoms with van der Waals surface area (Å²) in [6.07, 6.45) is 3.21. The van der Waals surface area contributed by atoms with Gasteiger partial charge in [-0.1, -0.05) is 0 Å². The van der Waals surface area contributed by atoms with Crippen LogP contribution in [0.2, 0.25) is 0 Å². The molecule has 8 nitrogen and oxygen atoms in total. The monoisotopic (exact) mass is 402 g/mol. The molecule has 1 aliphatic rings. The second-order valence-electron chi connectivity index (χ2n) is 7.17. The lowest BCUT2D eigenvalue weighted by Crippen LogP contribution is -2.29. The van der Waals surface area contributed by atoms with Gasteiger partial charge in [0.2, 0.25) is 0 Å². The molecule has 2 atom stereocenters. The smallest absolute Gasteiger partial charge is 0.272 e. The third-order valence-corrected chi connectivity index (χ3v) is 5.13. The molecule has 2 heterocycles. The van der Waals surface area contributed by atoms with Crippen LogP contribution in [-0.2, 0) is 6.54 Å². The number of hydrogen-bond acceptors (Lipinski definition) is 6. The van der Waals surface area contributed by atoms with E-state index in [9.17, 15) is 18.7 Å². The first-order valence-electron chi connectivity index (χ1n) is 9.27. The van der Waals surface area contributed by atoms with Crippen LogP contribution in [-0.4, -0.2) is 55.3 Å². The van der Waals surface area contributed by atoms with Crippen LogP contribution in [0.15, 0.2) is 24.5 Å². The van der Waals surface area contributed by atoms with Crippen LogP contribution in [0.5, 0.6) is 0 Å². The number of aliphatic hydroxyl groups excluding tert-OH is 1. The first-order chi connectivity index (χ1) is 13.9. The number of aromatic nitrogens is 4. The highest BCUT2D eigenvalue weighted by Crippen LogP contribution is 2.27. The van der Waals surface area contributed by atoms with Crippen molar-refractivity contribution in [2.24, 2.45) is 0 Å². The van der Waals surface area contributed by atoms with Crippen LogP contribution in [0.1, 0.15) is 35.3 Å². The summed E-state index contributed by atoms with van der Waals surface area (Å²) >= 11 is 0. The topological polar surface area (TPSA) is 107 Å². The number of rotatable bonds is 5. The van der Waals surface area contributed by atoms with Crippen LogP contribution in [0.3, 0.4) is 0 Å². The van der Waals surface area contributed by atoms with Crippen LogP contribution in [0.4, 0.5) is 14.6 Å². The van der Waals surface area contributed by atoms with Gasteiger partial charge in [-0.2, -0.15) is 5.10 Å². The van der Waals surface area contributed by atoms with Gasteiger partial charge in [-0.3, -0.25) is 9.89 Å². The summed E-state index contributed by atoms with van der Waals surface area (Å²) in [7, 11) is 1.48. The van der Waals surface area contributed by atoms with Crippen molar-refractivity contribution in [1.82, 2.24) is 25.1 Å². The molecule has 152 valence electrons. The summed E-state index contributed by atoms with van der Waals surface area (Å²) < 4.78 is 27.4. The van der Waals surface area contributed by atoms with Gasteiger partial charge in [0.25, 0.3) is 5.91 Å². The molecule has 0 aliphatic heterocycles. The van der Waals surface area contributed by atoms with E-state index in [0.717, 1.165) is 31.0 Å². The van der Waals surface area contributed by atoms with Crippen LogP contribution in [0, 0.1) is 11.6 Å². The maximum Gasteiger partial charge on any atom is 0.272 e. The molecule has 2 aromatic heterocycles. The number of hydrogen-bond donors (Lipinski definition) is 3. The van der Waals surface area contributed by atoms with Gasteiger partial charge < -0.3 is 15.3 Å². The Hall–Kier alpha value is -3.14. The molecule has 0 bridgehead atoms. The molecule has 1 amide bonds. The van der Waals surface area contributed by atoms with Gasteiger partial charge in [0.1, 0.15) is 29.5 Å². The second-order valence-corrected chi connectivity index (χ2v) is 7.17. The standard InChI is InChI=1S/C19H20F2N6O2/c1-27(8-10-7-11(20)5-6-12(10)21)19(29)16-15-17(22-9-23-18(15)26-25-16)24-13-3-2-4-14(13)28/h5-7,9,13-14,28H,2-4,8H2,1H3,(H2,22,23,24,25,26)/t13-,14-/m1/s1. The van der Waals surface area contributed by atoms with E-state index in [2.05, 4.69) is 25.5 Å². The average molecular weight is 402 g/mol. The molecule has 10 heteroatoms. The van der Waals surface area contributed by atoms with Gasteiger partial charge in [0, 0.05) is 19.2 Å². The predicted molar refractivity (Wildman–Crippen MR) is 101 cm³/mol. The number of carbonyl (C=O) groups excluding carboxylic acids is 1. The molecule has 0 unspecified atom stereocenters. The fraction of sp³-hybridized carbons (Fsp3) is 0.368. The Kier molecular flexibility index (Phi) is 5.10.